The van der Waals surface area contributed by atoms with Gasteiger partial charge in [0.25, 0.3) is 0 Å². The van der Waals surface area contributed by atoms with Crippen molar-refractivity contribution in [3.63, 3.8) is 0 Å². The first-order valence-electron chi connectivity index (χ1n) is 6.03. The maximum Gasteiger partial charge on any atom is 0.243 e. The van der Waals surface area contributed by atoms with E-state index in [1.165, 1.54) is 4.90 Å². The molecule has 18 heavy (non-hydrogen) atoms. The standard InChI is InChI=1S/C13H17N3O2/c14-10-6-7-13(18)16(8-10)9-12(17)15-11-4-2-1-3-5-11/h1-5,10H,6-9,14H2,(H,15,17). The third-order valence-electron chi connectivity index (χ3n) is 2.93. The van der Waals surface area contributed by atoms with Crippen molar-refractivity contribution in [3.05, 3.63) is 30.3 Å². The number of carbonyl (C=O) groups is 2. The van der Waals surface area contributed by atoms with Gasteiger partial charge in [0.15, 0.2) is 0 Å². The average molecular weight is 247 g/mol. The molecule has 0 aliphatic carbocycles. The first kappa shape index (κ1) is 12.6. The van der Waals surface area contributed by atoms with Crippen LogP contribution >= 0.6 is 0 Å². The molecule has 0 radical (unpaired) electrons. The molecule has 1 aromatic rings. The van der Waals surface area contributed by atoms with Crippen LogP contribution in [0.15, 0.2) is 30.3 Å². The van der Waals surface area contributed by atoms with Gasteiger partial charge in [0.2, 0.25) is 11.8 Å². The molecular weight excluding hydrogens is 230 g/mol. The Kier molecular flexibility index (Phi) is 3.94. The van der Waals surface area contributed by atoms with Gasteiger partial charge < -0.3 is 16.0 Å². The molecule has 0 saturated carbocycles. The third kappa shape index (κ3) is 3.30. The molecule has 1 aliphatic heterocycles. The van der Waals surface area contributed by atoms with Crippen molar-refractivity contribution in [3.8, 4) is 0 Å². The predicted molar refractivity (Wildman–Crippen MR) is 68.9 cm³/mol. The molecule has 96 valence electrons. The summed E-state index contributed by atoms with van der Waals surface area (Å²) in [6.45, 7) is 0.530. The second kappa shape index (κ2) is 5.64. The van der Waals surface area contributed by atoms with Gasteiger partial charge in [0.1, 0.15) is 0 Å². The van der Waals surface area contributed by atoms with E-state index >= 15 is 0 Å². The molecule has 1 aromatic carbocycles. The van der Waals surface area contributed by atoms with Gasteiger partial charge in [0.05, 0.1) is 6.54 Å². The minimum absolute atomic E-state index is 0.0000818. The number of amides is 2. The van der Waals surface area contributed by atoms with Crippen LogP contribution in [0.1, 0.15) is 12.8 Å². The lowest BCUT2D eigenvalue weighted by molar-refractivity contribution is -0.137. The Morgan fingerprint density at radius 2 is 2.11 bits per heavy atom. The van der Waals surface area contributed by atoms with Crippen LogP contribution in [-0.2, 0) is 9.59 Å². The molecule has 0 bridgehead atoms. The molecule has 3 N–H and O–H groups in total. The summed E-state index contributed by atoms with van der Waals surface area (Å²) in [5.74, 6) is -0.191. The van der Waals surface area contributed by atoms with Crippen molar-refractivity contribution >= 4 is 17.5 Å². The first-order chi connectivity index (χ1) is 8.65. The van der Waals surface area contributed by atoms with E-state index in [0.717, 1.165) is 5.69 Å². The highest BCUT2D eigenvalue weighted by Gasteiger charge is 2.24. The number of carbonyl (C=O) groups excluding carboxylic acids is 2. The van der Waals surface area contributed by atoms with E-state index in [2.05, 4.69) is 5.32 Å². The van der Waals surface area contributed by atoms with Gasteiger partial charge in [-0.3, -0.25) is 9.59 Å². The van der Waals surface area contributed by atoms with E-state index in [1.54, 1.807) is 0 Å². The topological polar surface area (TPSA) is 75.4 Å². The first-order valence-corrected chi connectivity index (χ1v) is 6.03. The minimum Gasteiger partial charge on any atom is -0.332 e. The number of nitrogens with two attached hydrogens (primary N) is 1. The molecule has 2 rings (SSSR count). The van der Waals surface area contributed by atoms with Crippen LogP contribution in [0.4, 0.5) is 5.69 Å². The van der Waals surface area contributed by atoms with Crippen LogP contribution < -0.4 is 11.1 Å². The highest BCUT2D eigenvalue weighted by molar-refractivity contribution is 5.94. The molecule has 1 fully saturated rings. The van der Waals surface area contributed by atoms with Crippen molar-refractivity contribution in [1.82, 2.24) is 4.90 Å². The van der Waals surface area contributed by atoms with E-state index in [9.17, 15) is 9.59 Å². The number of hydrogen-bond donors (Lipinski definition) is 2. The van der Waals surface area contributed by atoms with E-state index < -0.39 is 0 Å². The second-order valence-electron chi connectivity index (χ2n) is 4.49. The molecule has 2 amide bonds. The molecule has 5 heteroatoms. The SMILES string of the molecule is NC1CCC(=O)N(CC(=O)Nc2ccccc2)C1. The van der Waals surface area contributed by atoms with Gasteiger partial charge in [-0.25, -0.2) is 0 Å². The summed E-state index contributed by atoms with van der Waals surface area (Å²) in [6.07, 6.45) is 1.13. The minimum atomic E-state index is -0.191. The van der Waals surface area contributed by atoms with Crippen molar-refractivity contribution in [2.24, 2.45) is 5.73 Å². The molecule has 1 unspecified atom stereocenters. The number of piperidine rings is 1. The summed E-state index contributed by atoms with van der Waals surface area (Å²) in [4.78, 5) is 24.9. The Morgan fingerprint density at radius 1 is 1.39 bits per heavy atom. The highest BCUT2D eigenvalue weighted by atomic mass is 16.2. The molecule has 1 saturated heterocycles. The highest BCUT2D eigenvalue weighted by Crippen LogP contribution is 2.10. The maximum atomic E-state index is 11.8. The van der Waals surface area contributed by atoms with Gasteiger partial charge in [0, 0.05) is 24.7 Å². The summed E-state index contributed by atoms with van der Waals surface area (Å²) in [7, 11) is 0. The van der Waals surface area contributed by atoms with Gasteiger partial charge in [-0.05, 0) is 18.6 Å². The van der Waals surface area contributed by atoms with Gasteiger partial charge in [-0.1, -0.05) is 18.2 Å². The number of likely N-dealkylation sites (tertiary alicyclic amines) is 1. The fourth-order valence-corrected chi connectivity index (χ4v) is 1.99. The molecule has 0 aromatic heterocycles. The number of anilines is 1. The predicted octanol–water partition coefficient (Wildman–Crippen LogP) is 0.575. The second-order valence-corrected chi connectivity index (χ2v) is 4.49. The summed E-state index contributed by atoms with van der Waals surface area (Å²) >= 11 is 0. The summed E-state index contributed by atoms with van der Waals surface area (Å²) in [5.41, 5.74) is 6.52. The average Bonchev–Trinajstić information content (AvgIpc) is 2.35. The molecule has 1 atom stereocenters. The zero-order valence-electron chi connectivity index (χ0n) is 10.1. The number of para-hydroxylation sites is 1. The Labute approximate surface area is 106 Å². The number of benzene rings is 1. The third-order valence-corrected chi connectivity index (χ3v) is 2.93. The Bertz CT molecular complexity index is 433. The fraction of sp³-hybridized carbons (Fsp3) is 0.385. The lowest BCUT2D eigenvalue weighted by Gasteiger charge is -2.30. The van der Waals surface area contributed by atoms with Crippen molar-refractivity contribution in [2.45, 2.75) is 18.9 Å². The smallest absolute Gasteiger partial charge is 0.243 e. The number of hydrogen-bond acceptors (Lipinski definition) is 3. The van der Waals surface area contributed by atoms with E-state index in [0.29, 0.717) is 19.4 Å². The van der Waals surface area contributed by atoms with Gasteiger partial charge in [-0.2, -0.15) is 0 Å². The largest absolute Gasteiger partial charge is 0.332 e. The van der Waals surface area contributed by atoms with Crippen LogP contribution in [0, 0.1) is 0 Å². The van der Waals surface area contributed by atoms with Crippen molar-refractivity contribution in [1.29, 1.82) is 0 Å². The lowest BCUT2D eigenvalue weighted by atomic mass is 10.1. The van der Waals surface area contributed by atoms with Crippen LogP contribution in [0.2, 0.25) is 0 Å². The summed E-state index contributed by atoms with van der Waals surface area (Å²) in [6, 6.07) is 9.16. The van der Waals surface area contributed by atoms with E-state index in [-0.39, 0.29) is 24.4 Å². The van der Waals surface area contributed by atoms with Crippen LogP contribution in [0.3, 0.4) is 0 Å². The normalized spacial score (nSPS) is 19.7. The fourth-order valence-electron chi connectivity index (χ4n) is 1.99. The van der Waals surface area contributed by atoms with Gasteiger partial charge >= 0.3 is 0 Å². The van der Waals surface area contributed by atoms with Crippen LogP contribution in [-0.4, -0.2) is 35.8 Å². The molecule has 0 spiro atoms. The Morgan fingerprint density at radius 3 is 2.83 bits per heavy atom. The number of nitrogens with one attached hydrogen (secondary N) is 1. The summed E-state index contributed by atoms with van der Waals surface area (Å²) < 4.78 is 0. The lowest BCUT2D eigenvalue weighted by Crippen LogP contribution is -2.48. The monoisotopic (exact) mass is 247 g/mol. The van der Waals surface area contributed by atoms with E-state index in [4.69, 9.17) is 5.73 Å². The van der Waals surface area contributed by atoms with Gasteiger partial charge in [-0.15, -0.1) is 0 Å². The summed E-state index contributed by atoms with van der Waals surface area (Å²) in [5, 5.41) is 2.75. The Balaban J connectivity index is 1.89. The van der Waals surface area contributed by atoms with Crippen LogP contribution in [0.5, 0.6) is 0 Å². The maximum absolute atomic E-state index is 11.8. The van der Waals surface area contributed by atoms with Crippen molar-refractivity contribution < 1.29 is 9.59 Å². The van der Waals surface area contributed by atoms with Crippen molar-refractivity contribution in [2.75, 3.05) is 18.4 Å². The van der Waals surface area contributed by atoms with Crippen LogP contribution in [0.25, 0.3) is 0 Å². The number of nitrogens with zero attached hydrogens (tertiary/aromatic N) is 1. The zero-order chi connectivity index (χ0) is 13.0. The quantitative estimate of drug-likeness (QED) is 0.820. The molecule has 5 nitrogen and oxygen atoms in total. The molecular formula is C13H17N3O2. The molecule has 1 aliphatic rings. The number of rotatable bonds is 3. The molecule has 1 heterocycles. The Hall–Kier alpha value is -1.88. The van der Waals surface area contributed by atoms with E-state index in [1.807, 2.05) is 30.3 Å². The zero-order valence-corrected chi connectivity index (χ0v) is 10.1.